The third-order valence-corrected chi connectivity index (χ3v) is 4.42. The highest BCUT2D eigenvalue weighted by molar-refractivity contribution is 9.10. The Morgan fingerprint density at radius 3 is 3.00 bits per heavy atom. The minimum atomic E-state index is 0.284. The maximum Gasteiger partial charge on any atom is 0.123 e. The molecule has 0 bridgehead atoms. The van der Waals surface area contributed by atoms with E-state index in [1.165, 1.54) is 18.4 Å². The first-order valence-electron chi connectivity index (χ1n) is 6.90. The number of rotatable bonds is 4. The summed E-state index contributed by atoms with van der Waals surface area (Å²) in [6.45, 7) is 5.30. The van der Waals surface area contributed by atoms with Gasteiger partial charge in [-0.2, -0.15) is 0 Å². The predicted octanol–water partition coefficient (Wildman–Crippen LogP) is 3.02. The van der Waals surface area contributed by atoms with E-state index in [1.54, 1.807) is 7.11 Å². The third-order valence-electron chi connectivity index (χ3n) is 3.92. The van der Waals surface area contributed by atoms with Gasteiger partial charge in [0.25, 0.3) is 0 Å². The highest BCUT2D eigenvalue weighted by Gasteiger charge is 2.23. The topological polar surface area (TPSA) is 38.5 Å². The number of hydrogen-bond donors (Lipinski definition) is 1. The molecule has 1 heterocycles. The molecule has 2 rings (SSSR count). The second-order valence-electron chi connectivity index (χ2n) is 5.45. The number of halogens is 1. The van der Waals surface area contributed by atoms with Gasteiger partial charge in [0.05, 0.1) is 7.11 Å². The van der Waals surface area contributed by atoms with E-state index in [0.29, 0.717) is 5.92 Å². The number of benzene rings is 1. The Balaban J connectivity index is 2.06. The van der Waals surface area contributed by atoms with Crippen molar-refractivity contribution in [2.75, 3.05) is 20.2 Å². The zero-order valence-corrected chi connectivity index (χ0v) is 13.3. The van der Waals surface area contributed by atoms with Gasteiger partial charge in [-0.1, -0.05) is 15.9 Å². The molecule has 1 aromatic carbocycles. The zero-order chi connectivity index (χ0) is 13.8. The van der Waals surface area contributed by atoms with Gasteiger partial charge >= 0.3 is 0 Å². The molecule has 1 aliphatic rings. The maximum absolute atomic E-state index is 6.04. The second-order valence-corrected chi connectivity index (χ2v) is 6.37. The average molecular weight is 327 g/mol. The van der Waals surface area contributed by atoms with E-state index in [0.717, 1.165) is 29.9 Å². The molecular weight excluding hydrogens is 304 g/mol. The molecular formula is C15H23BrN2O. The number of nitrogens with two attached hydrogens (primary N) is 1. The molecule has 1 aromatic rings. The van der Waals surface area contributed by atoms with Gasteiger partial charge < -0.3 is 10.5 Å². The summed E-state index contributed by atoms with van der Waals surface area (Å²) >= 11 is 3.53. The van der Waals surface area contributed by atoms with Crippen LogP contribution in [0.4, 0.5) is 0 Å². The van der Waals surface area contributed by atoms with Gasteiger partial charge in [-0.05, 0) is 50.4 Å². The molecule has 19 heavy (non-hydrogen) atoms. The molecule has 1 fully saturated rings. The lowest BCUT2D eigenvalue weighted by atomic mass is 9.92. The third kappa shape index (κ3) is 3.94. The Morgan fingerprint density at radius 1 is 1.53 bits per heavy atom. The number of nitrogens with zero attached hydrogens (tertiary/aromatic N) is 1. The van der Waals surface area contributed by atoms with Gasteiger partial charge in [-0.25, -0.2) is 0 Å². The van der Waals surface area contributed by atoms with Crippen LogP contribution in [0.15, 0.2) is 22.7 Å². The lowest BCUT2D eigenvalue weighted by Gasteiger charge is -2.34. The maximum atomic E-state index is 6.04. The van der Waals surface area contributed by atoms with Crippen molar-refractivity contribution in [2.45, 2.75) is 32.4 Å². The molecule has 0 amide bonds. The van der Waals surface area contributed by atoms with Crippen LogP contribution in [-0.2, 0) is 6.54 Å². The number of hydrogen-bond acceptors (Lipinski definition) is 3. The van der Waals surface area contributed by atoms with Crippen molar-refractivity contribution in [1.82, 2.24) is 4.90 Å². The fraction of sp³-hybridized carbons (Fsp3) is 0.600. The summed E-state index contributed by atoms with van der Waals surface area (Å²) in [5, 5.41) is 0. The molecule has 4 heteroatoms. The lowest BCUT2D eigenvalue weighted by molar-refractivity contribution is 0.153. The van der Waals surface area contributed by atoms with E-state index >= 15 is 0 Å². The van der Waals surface area contributed by atoms with Crippen LogP contribution in [0.5, 0.6) is 5.75 Å². The van der Waals surface area contributed by atoms with E-state index in [4.69, 9.17) is 10.5 Å². The highest BCUT2D eigenvalue weighted by atomic mass is 79.9. The summed E-state index contributed by atoms with van der Waals surface area (Å²) in [5.41, 5.74) is 7.28. The Bertz CT molecular complexity index is 423. The molecule has 2 N–H and O–H groups in total. The lowest BCUT2D eigenvalue weighted by Crippen LogP contribution is -2.41. The van der Waals surface area contributed by atoms with Gasteiger partial charge in [0.2, 0.25) is 0 Å². The molecule has 106 valence electrons. The van der Waals surface area contributed by atoms with Crippen LogP contribution in [-0.4, -0.2) is 31.1 Å². The number of piperidine rings is 1. The molecule has 0 saturated carbocycles. The first kappa shape index (κ1) is 14.8. The first-order valence-corrected chi connectivity index (χ1v) is 7.70. The smallest absolute Gasteiger partial charge is 0.123 e. The van der Waals surface area contributed by atoms with Gasteiger partial charge in [0.15, 0.2) is 0 Å². The Hall–Kier alpha value is -0.580. The van der Waals surface area contributed by atoms with Crippen LogP contribution in [0, 0.1) is 5.92 Å². The van der Waals surface area contributed by atoms with Gasteiger partial charge in [0, 0.05) is 29.2 Å². The monoisotopic (exact) mass is 326 g/mol. The minimum Gasteiger partial charge on any atom is -0.496 e. The van der Waals surface area contributed by atoms with Crippen molar-refractivity contribution in [3.05, 3.63) is 28.2 Å². The Kier molecular flexibility index (Phi) is 5.25. The van der Waals surface area contributed by atoms with Gasteiger partial charge in [-0.15, -0.1) is 0 Å². The van der Waals surface area contributed by atoms with Crippen molar-refractivity contribution < 1.29 is 4.74 Å². The van der Waals surface area contributed by atoms with E-state index in [-0.39, 0.29) is 6.04 Å². The minimum absolute atomic E-state index is 0.284. The Morgan fingerprint density at radius 2 is 2.32 bits per heavy atom. The number of ether oxygens (including phenoxy) is 1. The summed E-state index contributed by atoms with van der Waals surface area (Å²) in [6.07, 6.45) is 2.49. The fourth-order valence-corrected chi connectivity index (χ4v) is 3.18. The van der Waals surface area contributed by atoms with Crippen LogP contribution >= 0.6 is 15.9 Å². The van der Waals surface area contributed by atoms with Crippen molar-refractivity contribution in [3.8, 4) is 5.75 Å². The number of methoxy groups -OCH3 is 1. The van der Waals surface area contributed by atoms with Gasteiger partial charge in [0.1, 0.15) is 5.75 Å². The van der Waals surface area contributed by atoms with Crippen LogP contribution < -0.4 is 10.5 Å². The molecule has 0 aliphatic carbocycles. The van der Waals surface area contributed by atoms with E-state index in [2.05, 4.69) is 33.8 Å². The van der Waals surface area contributed by atoms with Crippen LogP contribution in [0.2, 0.25) is 0 Å². The summed E-state index contributed by atoms with van der Waals surface area (Å²) in [7, 11) is 1.73. The highest BCUT2D eigenvalue weighted by Crippen LogP contribution is 2.27. The SMILES string of the molecule is COc1ccc(Br)cc1CN1CCCC(C(C)N)C1. The summed E-state index contributed by atoms with van der Waals surface area (Å²) in [6, 6.07) is 6.47. The molecule has 2 atom stereocenters. The van der Waals surface area contributed by atoms with Crippen LogP contribution in [0.1, 0.15) is 25.3 Å². The van der Waals surface area contributed by atoms with Gasteiger partial charge in [-0.3, -0.25) is 4.90 Å². The summed E-state index contributed by atoms with van der Waals surface area (Å²) in [4.78, 5) is 2.49. The van der Waals surface area contributed by atoms with Crippen molar-refractivity contribution in [2.24, 2.45) is 11.7 Å². The fourth-order valence-electron chi connectivity index (χ4n) is 2.78. The molecule has 2 unspecified atom stereocenters. The normalized spacial score (nSPS) is 22.2. The predicted molar refractivity (Wildman–Crippen MR) is 82.3 cm³/mol. The van der Waals surface area contributed by atoms with Crippen molar-refractivity contribution in [1.29, 1.82) is 0 Å². The molecule has 0 aromatic heterocycles. The molecule has 0 spiro atoms. The molecule has 1 saturated heterocycles. The van der Waals surface area contributed by atoms with Crippen molar-refractivity contribution >= 4 is 15.9 Å². The Labute approximate surface area is 124 Å². The summed E-state index contributed by atoms with van der Waals surface area (Å²) in [5.74, 6) is 1.58. The standard InChI is InChI=1S/C15H23BrN2O/c1-11(17)12-4-3-7-18(9-12)10-13-8-14(16)5-6-15(13)19-2/h5-6,8,11-12H,3-4,7,9-10,17H2,1-2H3. The quantitative estimate of drug-likeness (QED) is 0.924. The summed E-state index contributed by atoms with van der Waals surface area (Å²) < 4.78 is 6.54. The second kappa shape index (κ2) is 6.73. The van der Waals surface area contributed by atoms with E-state index < -0.39 is 0 Å². The largest absolute Gasteiger partial charge is 0.496 e. The first-order chi connectivity index (χ1) is 9.10. The molecule has 1 aliphatic heterocycles. The van der Waals surface area contributed by atoms with E-state index in [9.17, 15) is 0 Å². The number of likely N-dealkylation sites (tertiary alicyclic amines) is 1. The van der Waals surface area contributed by atoms with Crippen LogP contribution in [0.25, 0.3) is 0 Å². The van der Waals surface area contributed by atoms with Crippen molar-refractivity contribution in [3.63, 3.8) is 0 Å². The average Bonchev–Trinajstić information content (AvgIpc) is 2.39. The van der Waals surface area contributed by atoms with Crippen LogP contribution in [0.3, 0.4) is 0 Å². The molecule has 3 nitrogen and oxygen atoms in total. The zero-order valence-electron chi connectivity index (χ0n) is 11.7. The van der Waals surface area contributed by atoms with E-state index in [1.807, 2.05) is 12.1 Å². The molecule has 0 radical (unpaired) electrons.